The normalized spacial score (nSPS) is 11.4. The van der Waals surface area contributed by atoms with Crippen LogP contribution < -0.4 is 14.8 Å². The summed E-state index contributed by atoms with van der Waals surface area (Å²) in [5.74, 6) is 0.227. The van der Waals surface area contributed by atoms with Gasteiger partial charge in [-0.05, 0) is 55.8 Å². The number of nitrogens with zero attached hydrogens (tertiary/aromatic N) is 1. The molecule has 6 nitrogen and oxygen atoms in total. The first-order chi connectivity index (χ1) is 13.4. The molecule has 0 aliphatic rings. The van der Waals surface area contributed by atoms with Crippen LogP contribution in [0.1, 0.15) is 19.4 Å². The highest BCUT2D eigenvalue weighted by molar-refractivity contribution is 5.87. The van der Waals surface area contributed by atoms with Gasteiger partial charge >= 0.3 is 0 Å². The minimum absolute atomic E-state index is 0.170. The van der Waals surface area contributed by atoms with Crippen LogP contribution in [0.2, 0.25) is 0 Å². The van der Waals surface area contributed by atoms with Crippen LogP contribution in [-0.2, 0) is 16.1 Å². The van der Waals surface area contributed by atoms with Crippen LogP contribution in [0.5, 0.6) is 11.5 Å². The number of ether oxygens (including phenoxy) is 2. The van der Waals surface area contributed by atoms with Gasteiger partial charge in [0.15, 0.2) is 6.61 Å². The molecule has 28 heavy (non-hydrogen) atoms. The topological polar surface area (TPSA) is 67.9 Å². The van der Waals surface area contributed by atoms with Gasteiger partial charge in [-0.3, -0.25) is 9.59 Å². The Balaban J connectivity index is 2.10. The van der Waals surface area contributed by atoms with Crippen molar-refractivity contribution in [2.24, 2.45) is 0 Å². The van der Waals surface area contributed by atoms with Crippen molar-refractivity contribution in [2.75, 3.05) is 20.3 Å². The Hall–Kier alpha value is -3.09. The highest BCUT2D eigenvalue weighted by atomic mass is 19.1. The molecule has 0 bridgehead atoms. The molecule has 0 heterocycles. The summed E-state index contributed by atoms with van der Waals surface area (Å²) in [4.78, 5) is 26.5. The van der Waals surface area contributed by atoms with E-state index in [9.17, 15) is 14.0 Å². The smallest absolute Gasteiger partial charge is 0.261 e. The lowest BCUT2D eigenvalue weighted by atomic mass is 10.1. The summed E-state index contributed by atoms with van der Waals surface area (Å²) in [6, 6.07) is 12.0. The summed E-state index contributed by atoms with van der Waals surface area (Å²) >= 11 is 0. The van der Waals surface area contributed by atoms with E-state index in [1.54, 1.807) is 50.4 Å². The van der Waals surface area contributed by atoms with Crippen LogP contribution in [0, 0.1) is 5.82 Å². The molecule has 2 rings (SSSR count). The molecule has 0 unspecified atom stereocenters. The Morgan fingerprint density at radius 3 is 2.25 bits per heavy atom. The molecule has 2 amide bonds. The molecule has 0 saturated carbocycles. The number of carbonyl (C=O) groups is 2. The largest absolute Gasteiger partial charge is 0.497 e. The second-order valence-corrected chi connectivity index (χ2v) is 6.18. The van der Waals surface area contributed by atoms with Gasteiger partial charge in [-0.25, -0.2) is 4.39 Å². The summed E-state index contributed by atoms with van der Waals surface area (Å²) in [7, 11) is 1.56. The Kier molecular flexibility index (Phi) is 7.80. The van der Waals surface area contributed by atoms with Crippen molar-refractivity contribution in [3.05, 3.63) is 59.9 Å². The van der Waals surface area contributed by atoms with Gasteiger partial charge in [0.05, 0.1) is 7.11 Å². The maximum Gasteiger partial charge on any atom is 0.261 e. The highest BCUT2D eigenvalue weighted by Gasteiger charge is 2.26. The van der Waals surface area contributed by atoms with Crippen molar-refractivity contribution in [1.29, 1.82) is 0 Å². The number of rotatable bonds is 9. The van der Waals surface area contributed by atoms with Gasteiger partial charge in [-0.1, -0.05) is 12.1 Å². The van der Waals surface area contributed by atoms with Gasteiger partial charge in [0, 0.05) is 13.1 Å². The third kappa shape index (κ3) is 5.97. The zero-order valence-corrected chi connectivity index (χ0v) is 16.3. The number of benzene rings is 2. The number of hydrogen-bond donors (Lipinski definition) is 1. The van der Waals surface area contributed by atoms with Crippen molar-refractivity contribution < 1.29 is 23.5 Å². The number of methoxy groups -OCH3 is 1. The second-order valence-electron chi connectivity index (χ2n) is 6.18. The molecule has 0 radical (unpaired) electrons. The molecule has 2 aromatic rings. The minimum Gasteiger partial charge on any atom is -0.497 e. The average molecular weight is 388 g/mol. The molecule has 0 spiro atoms. The first-order valence-electron chi connectivity index (χ1n) is 9.03. The van der Waals surface area contributed by atoms with E-state index >= 15 is 0 Å². The average Bonchev–Trinajstić information content (AvgIpc) is 2.71. The van der Waals surface area contributed by atoms with Gasteiger partial charge in [-0.15, -0.1) is 0 Å². The van der Waals surface area contributed by atoms with E-state index < -0.39 is 6.04 Å². The van der Waals surface area contributed by atoms with Crippen molar-refractivity contribution in [3.8, 4) is 11.5 Å². The number of hydrogen-bond acceptors (Lipinski definition) is 4. The van der Waals surface area contributed by atoms with Crippen LogP contribution in [0.3, 0.4) is 0 Å². The van der Waals surface area contributed by atoms with Gasteiger partial charge in [0.1, 0.15) is 23.4 Å². The fourth-order valence-corrected chi connectivity index (χ4v) is 2.59. The summed E-state index contributed by atoms with van der Waals surface area (Å²) in [6.45, 7) is 3.87. The number of likely N-dealkylation sites (N-methyl/N-ethyl adjacent to an activating group) is 1. The molecule has 7 heteroatoms. The zero-order valence-electron chi connectivity index (χ0n) is 16.3. The Morgan fingerprint density at radius 2 is 1.68 bits per heavy atom. The van der Waals surface area contributed by atoms with E-state index in [4.69, 9.17) is 9.47 Å². The second kappa shape index (κ2) is 10.3. The Labute approximate surface area is 164 Å². The standard InChI is InChI=1S/C21H25FN2O4/c1-4-23-21(26)15(2)24(13-16-5-7-17(22)8-6-16)20(25)14-28-19-11-9-18(27-3)10-12-19/h5-12,15H,4,13-14H2,1-3H3,(H,23,26)/t15-/m0/s1. The van der Waals surface area contributed by atoms with Crippen molar-refractivity contribution in [1.82, 2.24) is 10.2 Å². The number of nitrogens with one attached hydrogen (secondary N) is 1. The SMILES string of the molecule is CCNC(=O)[C@H](C)N(Cc1ccc(F)cc1)C(=O)COc1ccc(OC)cc1. The predicted octanol–water partition coefficient (Wildman–Crippen LogP) is 2.77. The van der Waals surface area contributed by atoms with Gasteiger partial charge < -0.3 is 19.7 Å². The lowest BCUT2D eigenvalue weighted by molar-refractivity contribution is -0.142. The van der Waals surface area contributed by atoms with Gasteiger partial charge in [0.25, 0.3) is 5.91 Å². The third-order valence-electron chi connectivity index (χ3n) is 4.21. The fourth-order valence-electron chi connectivity index (χ4n) is 2.59. The molecule has 0 aliphatic carbocycles. The van der Waals surface area contributed by atoms with E-state index in [0.717, 1.165) is 5.56 Å². The predicted molar refractivity (Wildman–Crippen MR) is 104 cm³/mol. The first-order valence-corrected chi connectivity index (χ1v) is 9.03. The van der Waals surface area contributed by atoms with Crippen LogP contribution in [0.25, 0.3) is 0 Å². The maximum absolute atomic E-state index is 13.2. The van der Waals surface area contributed by atoms with E-state index in [0.29, 0.717) is 18.0 Å². The summed E-state index contributed by atoms with van der Waals surface area (Å²) in [5.41, 5.74) is 0.718. The van der Waals surface area contributed by atoms with E-state index in [-0.39, 0.29) is 30.8 Å². The van der Waals surface area contributed by atoms with Crippen molar-refractivity contribution in [3.63, 3.8) is 0 Å². The molecule has 1 N–H and O–H groups in total. The van der Waals surface area contributed by atoms with Gasteiger partial charge in [-0.2, -0.15) is 0 Å². The van der Waals surface area contributed by atoms with Crippen LogP contribution in [-0.4, -0.2) is 43.0 Å². The van der Waals surface area contributed by atoms with E-state index in [1.807, 2.05) is 6.92 Å². The fraction of sp³-hybridized carbons (Fsp3) is 0.333. The Bertz CT molecular complexity index is 778. The molecule has 0 saturated heterocycles. The molecular formula is C21H25FN2O4. The summed E-state index contributed by atoms with van der Waals surface area (Å²) in [6.07, 6.45) is 0. The van der Waals surface area contributed by atoms with E-state index in [2.05, 4.69) is 5.32 Å². The lowest BCUT2D eigenvalue weighted by Crippen LogP contribution is -2.49. The summed E-state index contributed by atoms with van der Waals surface area (Å²) in [5, 5.41) is 2.71. The quantitative estimate of drug-likeness (QED) is 0.717. The van der Waals surface area contributed by atoms with Crippen molar-refractivity contribution >= 4 is 11.8 Å². The minimum atomic E-state index is -0.697. The van der Waals surface area contributed by atoms with E-state index in [1.165, 1.54) is 17.0 Å². The van der Waals surface area contributed by atoms with Crippen LogP contribution in [0.4, 0.5) is 4.39 Å². The summed E-state index contributed by atoms with van der Waals surface area (Å²) < 4.78 is 23.8. The highest BCUT2D eigenvalue weighted by Crippen LogP contribution is 2.17. The molecule has 1 atom stereocenters. The maximum atomic E-state index is 13.2. The number of halogens is 1. The Morgan fingerprint density at radius 1 is 1.07 bits per heavy atom. The molecule has 2 aromatic carbocycles. The molecule has 150 valence electrons. The lowest BCUT2D eigenvalue weighted by Gasteiger charge is -2.28. The molecular weight excluding hydrogens is 363 g/mol. The molecule has 0 aromatic heterocycles. The third-order valence-corrected chi connectivity index (χ3v) is 4.21. The molecule has 0 aliphatic heterocycles. The number of amides is 2. The zero-order chi connectivity index (χ0) is 20.5. The van der Waals surface area contributed by atoms with Crippen molar-refractivity contribution in [2.45, 2.75) is 26.4 Å². The van der Waals surface area contributed by atoms with Crippen LogP contribution in [0.15, 0.2) is 48.5 Å². The number of carbonyl (C=O) groups excluding carboxylic acids is 2. The van der Waals surface area contributed by atoms with Gasteiger partial charge in [0.2, 0.25) is 5.91 Å². The first kappa shape index (κ1) is 21.2. The molecule has 0 fully saturated rings. The monoisotopic (exact) mass is 388 g/mol. The van der Waals surface area contributed by atoms with Crippen LogP contribution >= 0.6 is 0 Å².